The Labute approximate surface area is 171 Å². The zero-order valence-corrected chi connectivity index (χ0v) is 17.8. The van der Waals surface area contributed by atoms with Gasteiger partial charge in [0.15, 0.2) is 6.23 Å². The fraction of sp³-hybridized carbons (Fsp3) is 0.636. The molecule has 7 nitrogen and oxygen atoms in total. The monoisotopic (exact) mass is 401 g/mol. The Bertz CT molecular complexity index is 880. The molecule has 1 aromatic heterocycles. The highest BCUT2D eigenvalue weighted by Gasteiger charge is 2.31. The first-order chi connectivity index (χ1) is 13.8. The van der Waals surface area contributed by atoms with E-state index in [1.807, 2.05) is 38.6 Å². The summed E-state index contributed by atoms with van der Waals surface area (Å²) in [6.45, 7) is 9.66. The van der Waals surface area contributed by atoms with Gasteiger partial charge < -0.3 is 19.1 Å². The summed E-state index contributed by atoms with van der Waals surface area (Å²) < 4.78 is 19.7. The molecular weight excluding hydrogens is 370 g/mol. The van der Waals surface area contributed by atoms with Crippen molar-refractivity contribution in [1.29, 1.82) is 0 Å². The van der Waals surface area contributed by atoms with Crippen molar-refractivity contribution in [2.45, 2.75) is 71.3 Å². The molecule has 2 aliphatic rings. The third-order valence-electron chi connectivity index (χ3n) is 5.41. The fourth-order valence-electron chi connectivity index (χ4n) is 3.96. The van der Waals surface area contributed by atoms with Gasteiger partial charge in [-0.1, -0.05) is 0 Å². The second-order valence-corrected chi connectivity index (χ2v) is 9.04. The highest BCUT2D eigenvalue weighted by molar-refractivity contribution is 5.81. The molecule has 2 aliphatic heterocycles. The predicted molar refractivity (Wildman–Crippen MR) is 110 cm³/mol. The lowest BCUT2D eigenvalue weighted by Gasteiger charge is -2.24. The molecule has 0 radical (unpaired) electrons. The molecule has 1 aromatic carbocycles. The van der Waals surface area contributed by atoms with Gasteiger partial charge in [-0.05, 0) is 58.6 Å². The van der Waals surface area contributed by atoms with Crippen molar-refractivity contribution < 1.29 is 19.0 Å². The molecule has 0 N–H and O–H groups in total. The molecule has 2 atom stereocenters. The molecule has 1 unspecified atom stereocenters. The Hall–Kier alpha value is -2.28. The van der Waals surface area contributed by atoms with Crippen molar-refractivity contribution in [2.75, 3.05) is 19.7 Å². The minimum absolute atomic E-state index is 0.00838. The van der Waals surface area contributed by atoms with Gasteiger partial charge in [0.1, 0.15) is 17.5 Å². The molecule has 1 amide bonds. The number of carbonyl (C=O) groups excluding carboxylic acids is 1. The number of rotatable bonds is 3. The molecule has 0 spiro atoms. The minimum atomic E-state index is -0.489. The number of benzene rings is 1. The lowest BCUT2D eigenvalue weighted by molar-refractivity contribution is -0.0366. The van der Waals surface area contributed by atoms with Crippen molar-refractivity contribution >= 4 is 17.0 Å². The summed E-state index contributed by atoms with van der Waals surface area (Å²) in [5, 5.41) is 5.66. The Morgan fingerprint density at radius 2 is 2.07 bits per heavy atom. The Kier molecular flexibility index (Phi) is 5.42. The quantitative estimate of drug-likeness (QED) is 0.761. The summed E-state index contributed by atoms with van der Waals surface area (Å²) in [6.07, 6.45) is 5.61. The van der Waals surface area contributed by atoms with E-state index in [9.17, 15) is 4.79 Å². The Morgan fingerprint density at radius 1 is 1.24 bits per heavy atom. The van der Waals surface area contributed by atoms with Crippen LogP contribution >= 0.6 is 0 Å². The fourth-order valence-corrected chi connectivity index (χ4v) is 3.96. The maximum atomic E-state index is 12.3. The van der Waals surface area contributed by atoms with Gasteiger partial charge in [-0.2, -0.15) is 5.10 Å². The average molecular weight is 402 g/mol. The normalized spacial score (nSPS) is 22.8. The van der Waals surface area contributed by atoms with E-state index < -0.39 is 5.60 Å². The first-order valence-corrected chi connectivity index (χ1v) is 10.5. The van der Waals surface area contributed by atoms with Crippen LogP contribution in [0.1, 0.15) is 58.2 Å². The Balaban J connectivity index is 1.48. The molecule has 158 valence electrons. The second-order valence-electron chi connectivity index (χ2n) is 9.04. The zero-order chi connectivity index (χ0) is 20.6. The summed E-state index contributed by atoms with van der Waals surface area (Å²) in [5.74, 6) is 0.839. The van der Waals surface area contributed by atoms with E-state index in [1.165, 1.54) is 0 Å². The molecular formula is C22H31N3O4. The number of aromatic nitrogens is 2. The van der Waals surface area contributed by atoms with E-state index in [4.69, 9.17) is 14.2 Å². The first-order valence-electron chi connectivity index (χ1n) is 10.5. The van der Waals surface area contributed by atoms with Crippen molar-refractivity contribution in [3.8, 4) is 5.75 Å². The number of fused-ring (bicyclic) bond motifs is 1. The predicted octanol–water partition coefficient (Wildman–Crippen LogP) is 4.43. The summed E-state index contributed by atoms with van der Waals surface area (Å²) in [4.78, 5) is 14.0. The topological polar surface area (TPSA) is 65.8 Å². The molecule has 7 heteroatoms. The van der Waals surface area contributed by atoms with Gasteiger partial charge in [-0.3, -0.25) is 0 Å². The maximum Gasteiger partial charge on any atom is 0.410 e. The van der Waals surface area contributed by atoms with E-state index in [0.29, 0.717) is 13.1 Å². The number of carbonyl (C=O) groups is 1. The molecule has 0 saturated carbocycles. The molecule has 0 bridgehead atoms. The van der Waals surface area contributed by atoms with Crippen molar-refractivity contribution in [1.82, 2.24) is 14.7 Å². The smallest absolute Gasteiger partial charge is 0.410 e. The number of nitrogens with zero attached hydrogens (tertiary/aromatic N) is 3. The van der Waals surface area contributed by atoms with Crippen LogP contribution in [0.25, 0.3) is 10.9 Å². The zero-order valence-electron chi connectivity index (χ0n) is 17.8. The van der Waals surface area contributed by atoms with Gasteiger partial charge in [-0.15, -0.1) is 0 Å². The van der Waals surface area contributed by atoms with Gasteiger partial charge in [-0.25, -0.2) is 9.48 Å². The van der Waals surface area contributed by atoms with Crippen LogP contribution in [-0.2, 0) is 9.47 Å². The number of hydrogen-bond donors (Lipinski definition) is 0. The molecule has 2 fully saturated rings. The maximum absolute atomic E-state index is 12.3. The summed E-state index contributed by atoms with van der Waals surface area (Å²) >= 11 is 0. The van der Waals surface area contributed by atoms with Gasteiger partial charge in [0, 0.05) is 31.0 Å². The van der Waals surface area contributed by atoms with E-state index in [-0.39, 0.29) is 18.4 Å². The van der Waals surface area contributed by atoms with E-state index >= 15 is 0 Å². The molecule has 3 heterocycles. The molecule has 4 rings (SSSR count). The number of aryl methyl sites for hydroxylation is 1. The highest BCUT2D eigenvalue weighted by Crippen LogP contribution is 2.31. The largest absolute Gasteiger partial charge is 0.488 e. The van der Waals surface area contributed by atoms with E-state index in [1.54, 1.807) is 4.90 Å². The third-order valence-corrected chi connectivity index (χ3v) is 5.41. The van der Waals surface area contributed by atoms with Gasteiger partial charge in [0.05, 0.1) is 18.3 Å². The number of ether oxygens (including phenoxy) is 3. The summed E-state index contributed by atoms with van der Waals surface area (Å²) in [6, 6.07) is 4.17. The van der Waals surface area contributed by atoms with Gasteiger partial charge in [0.25, 0.3) is 0 Å². The molecule has 2 saturated heterocycles. The van der Waals surface area contributed by atoms with Gasteiger partial charge in [0.2, 0.25) is 0 Å². The van der Waals surface area contributed by atoms with Gasteiger partial charge >= 0.3 is 6.09 Å². The van der Waals surface area contributed by atoms with Crippen molar-refractivity contribution in [3.63, 3.8) is 0 Å². The second kappa shape index (κ2) is 7.86. The van der Waals surface area contributed by atoms with Crippen LogP contribution in [0, 0.1) is 6.92 Å². The number of likely N-dealkylation sites (tertiary alicyclic amines) is 1. The van der Waals surface area contributed by atoms with Crippen molar-refractivity contribution in [3.05, 3.63) is 23.9 Å². The number of hydrogen-bond acceptors (Lipinski definition) is 5. The lowest BCUT2D eigenvalue weighted by Crippen LogP contribution is -2.36. The first kappa shape index (κ1) is 20.0. The van der Waals surface area contributed by atoms with E-state index in [0.717, 1.165) is 54.5 Å². The molecule has 2 aromatic rings. The van der Waals surface area contributed by atoms with Crippen LogP contribution in [0.2, 0.25) is 0 Å². The van der Waals surface area contributed by atoms with Crippen LogP contribution in [0.4, 0.5) is 4.79 Å². The average Bonchev–Trinajstić information content (AvgIpc) is 3.28. The van der Waals surface area contributed by atoms with Crippen LogP contribution in [0.3, 0.4) is 0 Å². The van der Waals surface area contributed by atoms with Crippen LogP contribution in [0.15, 0.2) is 18.3 Å². The molecule has 29 heavy (non-hydrogen) atoms. The third kappa shape index (κ3) is 4.50. The number of amides is 1. The minimum Gasteiger partial charge on any atom is -0.488 e. The lowest BCUT2D eigenvalue weighted by atomic mass is 10.1. The van der Waals surface area contributed by atoms with Crippen LogP contribution < -0.4 is 4.74 Å². The highest BCUT2D eigenvalue weighted by atomic mass is 16.6. The SMILES string of the molecule is Cc1cc2cnn(C3CCCCO3)c2cc1O[C@@H]1CCN(C(=O)OC(C)(C)C)C1. The van der Waals surface area contributed by atoms with Crippen LogP contribution in [-0.4, -0.2) is 52.2 Å². The summed E-state index contributed by atoms with van der Waals surface area (Å²) in [5.41, 5.74) is 1.61. The Morgan fingerprint density at radius 3 is 2.79 bits per heavy atom. The summed E-state index contributed by atoms with van der Waals surface area (Å²) in [7, 11) is 0. The van der Waals surface area contributed by atoms with Crippen LogP contribution in [0.5, 0.6) is 5.75 Å². The van der Waals surface area contributed by atoms with E-state index in [2.05, 4.69) is 17.2 Å². The van der Waals surface area contributed by atoms with Crippen molar-refractivity contribution in [2.24, 2.45) is 0 Å². The molecule has 0 aliphatic carbocycles. The standard InChI is InChI=1S/C22H31N3O4/c1-15-11-16-13-23-25(20-7-5-6-10-27-20)18(16)12-19(15)28-17-8-9-24(14-17)21(26)29-22(2,3)4/h11-13,17,20H,5-10,14H2,1-4H3/t17-,20?/m1/s1.